The number of hydrazone groups is 1. The molecule has 0 spiro atoms. The summed E-state index contributed by atoms with van der Waals surface area (Å²) in [5, 5.41) is 19.1. The fraction of sp³-hybridized carbons (Fsp3) is 0.0435. The second-order valence-electron chi connectivity index (χ2n) is 6.75. The molecule has 6 heteroatoms. The van der Waals surface area contributed by atoms with Crippen LogP contribution in [-0.4, -0.2) is 25.5 Å². The Morgan fingerprint density at radius 2 is 1.52 bits per heavy atom. The van der Waals surface area contributed by atoms with E-state index in [1.54, 1.807) is 10.8 Å². The molecule has 5 rings (SSSR count). The molecule has 0 atom stereocenters. The SMILES string of the molecule is CC(=NNc1nn2cnnc2c2ccccc12)c1ccc(-c2ccccc2)cc1. The zero-order valence-electron chi connectivity index (χ0n) is 15.8. The topological polar surface area (TPSA) is 67.5 Å². The minimum atomic E-state index is 0.660. The van der Waals surface area contributed by atoms with Crippen molar-refractivity contribution in [1.82, 2.24) is 19.8 Å². The van der Waals surface area contributed by atoms with Crippen LogP contribution in [0.1, 0.15) is 12.5 Å². The molecule has 0 fully saturated rings. The van der Waals surface area contributed by atoms with Crippen LogP contribution in [0.2, 0.25) is 0 Å². The largest absolute Gasteiger partial charge is 0.259 e. The predicted octanol–water partition coefficient (Wildman–Crippen LogP) is 4.78. The van der Waals surface area contributed by atoms with Crippen LogP contribution < -0.4 is 5.43 Å². The number of aromatic nitrogens is 4. The summed E-state index contributed by atoms with van der Waals surface area (Å²) < 4.78 is 1.66. The van der Waals surface area contributed by atoms with E-state index in [2.05, 4.69) is 62.2 Å². The molecule has 0 radical (unpaired) electrons. The van der Waals surface area contributed by atoms with Gasteiger partial charge in [-0.3, -0.25) is 5.43 Å². The number of nitrogens with zero attached hydrogens (tertiary/aromatic N) is 5. The summed E-state index contributed by atoms with van der Waals surface area (Å²) in [5.41, 5.74) is 8.14. The van der Waals surface area contributed by atoms with Gasteiger partial charge in [-0.2, -0.15) is 9.62 Å². The summed E-state index contributed by atoms with van der Waals surface area (Å²) in [5.74, 6) is 0.660. The molecule has 1 N–H and O–H groups in total. The Balaban J connectivity index is 1.45. The number of hydrogen-bond donors (Lipinski definition) is 1. The molecule has 0 aliphatic heterocycles. The zero-order chi connectivity index (χ0) is 19.6. The minimum Gasteiger partial charge on any atom is -0.259 e. The molecule has 29 heavy (non-hydrogen) atoms. The van der Waals surface area contributed by atoms with E-state index >= 15 is 0 Å². The number of hydrogen-bond acceptors (Lipinski definition) is 5. The quantitative estimate of drug-likeness (QED) is 0.361. The van der Waals surface area contributed by atoms with Gasteiger partial charge < -0.3 is 0 Å². The van der Waals surface area contributed by atoms with Gasteiger partial charge in [0.05, 0.1) is 5.71 Å². The third-order valence-electron chi connectivity index (χ3n) is 4.90. The van der Waals surface area contributed by atoms with Crippen molar-refractivity contribution in [1.29, 1.82) is 0 Å². The van der Waals surface area contributed by atoms with E-state index in [1.807, 2.05) is 49.4 Å². The van der Waals surface area contributed by atoms with Crippen LogP contribution in [0.15, 0.2) is 90.3 Å². The first-order chi connectivity index (χ1) is 14.3. The Bertz CT molecular complexity index is 1320. The number of nitrogens with one attached hydrogen (secondary N) is 1. The van der Waals surface area contributed by atoms with E-state index in [0.29, 0.717) is 5.82 Å². The van der Waals surface area contributed by atoms with E-state index in [0.717, 1.165) is 27.7 Å². The van der Waals surface area contributed by atoms with Crippen molar-refractivity contribution in [3.8, 4) is 11.1 Å². The highest BCUT2D eigenvalue weighted by molar-refractivity contribution is 6.02. The molecule has 2 heterocycles. The zero-order valence-corrected chi connectivity index (χ0v) is 15.8. The van der Waals surface area contributed by atoms with Gasteiger partial charge in [0.25, 0.3) is 0 Å². The van der Waals surface area contributed by atoms with E-state index in [9.17, 15) is 0 Å². The molecular weight excluding hydrogens is 360 g/mol. The first-order valence-corrected chi connectivity index (χ1v) is 9.34. The lowest BCUT2D eigenvalue weighted by molar-refractivity contribution is 0.934. The van der Waals surface area contributed by atoms with Crippen LogP contribution in [-0.2, 0) is 0 Å². The molecule has 0 saturated carbocycles. The molecule has 0 unspecified atom stereocenters. The van der Waals surface area contributed by atoms with Crippen LogP contribution in [0.5, 0.6) is 0 Å². The van der Waals surface area contributed by atoms with Crippen molar-refractivity contribution in [2.45, 2.75) is 6.92 Å². The van der Waals surface area contributed by atoms with Crippen LogP contribution >= 0.6 is 0 Å². The van der Waals surface area contributed by atoms with Crippen molar-refractivity contribution in [3.63, 3.8) is 0 Å². The van der Waals surface area contributed by atoms with Crippen molar-refractivity contribution >= 4 is 27.9 Å². The molecule has 140 valence electrons. The average molecular weight is 378 g/mol. The minimum absolute atomic E-state index is 0.660. The Morgan fingerprint density at radius 3 is 2.31 bits per heavy atom. The summed E-state index contributed by atoms with van der Waals surface area (Å²) in [6, 6.07) is 26.7. The molecule has 6 nitrogen and oxygen atoms in total. The van der Waals surface area contributed by atoms with Crippen molar-refractivity contribution in [2.75, 3.05) is 5.43 Å². The molecule has 2 aromatic heterocycles. The monoisotopic (exact) mass is 378 g/mol. The normalized spacial score (nSPS) is 11.8. The maximum atomic E-state index is 4.56. The fourth-order valence-corrected chi connectivity index (χ4v) is 3.35. The summed E-state index contributed by atoms with van der Waals surface area (Å²) >= 11 is 0. The van der Waals surface area contributed by atoms with E-state index in [-0.39, 0.29) is 0 Å². The highest BCUT2D eigenvalue weighted by Gasteiger charge is 2.09. The second kappa shape index (κ2) is 7.16. The van der Waals surface area contributed by atoms with Gasteiger partial charge in [0.15, 0.2) is 11.5 Å². The Labute approximate surface area is 167 Å². The van der Waals surface area contributed by atoms with Gasteiger partial charge in [-0.1, -0.05) is 78.9 Å². The number of rotatable bonds is 4. The molecule has 0 saturated heterocycles. The molecule has 0 aliphatic carbocycles. The molecule has 0 amide bonds. The van der Waals surface area contributed by atoms with Crippen LogP contribution in [0.3, 0.4) is 0 Å². The lowest BCUT2D eigenvalue weighted by atomic mass is 10.0. The number of anilines is 1. The first kappa shape index (κ1) is 17.1. The van der Waals surface area contributed by atoms with Gasteiger partial charge >= 0.3 is 0 Å². The second-order valence-corrected chi connectivity index (χ2v) is 6.75. The highest BCUT2D eigenvalue weighted by atomic mass is 15.4. The van der Waals surface area contributed by atoms with Gasteiger partial charge in [0, 0.05) is 10.8 Å². The highest BCUT2D eigenvalue weighted by Crippen LogP contribution is 2.24. The van der Waals surface area contributed by atoms with Gasteiger partial charge in [-0.25, -0.2) is 0 Å². The summed E-state index contributed by atoms with van der Waals surface area (Å²) in [4.78, 5) is 0. The van der Waals surface area contributed by atoms with Crippen LogP contribution in [0.25, 0.3) is 27.5 Å². The van der Waals surface area contributed by atoms with Crippen LogP contribution in [0.4, 0.5) is 5.82 Å². The number of benzene rings is 3. The lowest BCUT2D eigenvalue weighted by Crippen LogP contribution is -2.04. The Hall–Kier alpha value is -4.06. The lowest BCUT2D eigenvalue weighted by Gasteiger charge is -2.08. The maximum Gasteiger partial charge on any atom is 0.185 e. The molecule has 0 aliphatic rings. The summed E-state index contributed by atoms with van der Waals surface area (Å²) in [6.07, 6.45) is 1.59. The van der Waals surface area contributed by atoms with Crippen molar-refractivity contribution in [3.05, 3.63) is 90.8 Å². The molecular formula is C23H18N6. The summed E-state index contributed by atoms with van der Waals surface area (Å²) in [7, 11) is 0. The van der Waals surface area contributed by atoms with E-state index in [4.69, 9.17) is 0 Å². The van der Waals surface area contributed by atoms with Crippen molar-refractivity contribution < 1.29 is 0 Å². The average Bonchev–Trinajstić information content (AvgIpc) is 3.27. The standard InChI is InChI=1S/C23H18N6/c1-16(17-11-13-19(14-12-17)18-7-3-2-4-8-18)25-26-22-20-9-5-6-10-21(20)23-27-24-15-29(23)28-22/h2-15H,1H3,(H,26,28). The van der Waals surface area contributed by atoms with E-state index in [1.165, 1.54) is 11.1 Å². The summed E-state index contributed by atoms with van der Waals surface area (Å²) in [6.45, 7) is 1.98. The fourth-order valence-electron chi connectivity index (χ4n) is 3.35. The van der Waals surface area contributed by atoms with Crippen molar-refractivity contribution in [2.24, 2.45) is 5.10 Å². The van der Waals surface area contributed by atoms with Gasteiger partial charge in [0.2, 0.25) is 0 Å². The number of fused-ring (bicyclic) bond motifs is 3. The van der Waals surface area contributed by atoms with Gasteiger partial charge in [0.1, 0.15) is 6.33 Å². The molecule has 0 bridgehead atoms. The Kier molecular flexibility index (Phi) is 4.22. The predicted molar refractivity (Wildman–Crippen MR) is 116 cm³/mol. The van der Waals surface area contributed by atoms with Crippen LogP contribution in [0, 0.1) is 0 Å². The first-order valence-electron chi connectivity index (χ1n) is 9.34. The smallest absolute Gasteiger partial charge is 0.185 e. The molecule has 3 aromatic carbocycles. The maximum absolute atomic E-state index is 4.56. The molecule has 5 aromatic rings. The third kappa shape index (κ3) is 3.21. The van der Waals surface area contributed by atoms with Gasteiger partial charge in [-0.05, 0) is 23.6 Å². The third-order valence-corrected chi connectivity index (χ3v) is 4.90. The van der Waals surface area contributed by atoms with Gasteiger partial charge in [-0.15, -0.1) is 15.3 Å². The Morgan fingerprint density at radius 1 is 0.828 bits per heavy atom. The van der Waals surface area contributed by atoms with E-state index < -0.39 is 0 Å².